The number of thiophene rings is 1. The molecule has 18 heavy (non-hydrogen) atoms. The van der Waals surface area contributed by atoms with Gasteiger partial charge in [-0.15, -0.1) is 11.3 Å². The fourth-order valence-electron chi connectivity index (χ4n) is 1.54. The summed E-state index contributed by atoms with van der Waals surface area (Å²) < 4.78 is 0. The number of para-hydroxylation sites is 1. The molecule has 1 heterocycles. The number of nitrogen functional groups attached to an aromatic ring is 1. The molecule has 0 aliphatic heterocycles. The second-order valence-corrected chi connectivity index (χ2v) is 4.68. The second kappa shape index (κ2) is 4.90. The quantitative estimate of drug-likeness (QED) is 0.812. The van der Waals surface area contributed by atoms with E-state index in [0.29, 0.717) is 21.8 Å². The third-order valence-corrected chi connectivity index (χ3v) is 3.41. The van der Waals surface area contributed by atoms with Crippen LogP contribution in [-0.2, 0) is 0 Å². The molecule has 0 aliphatic carbocycles. The maximum atomic E-state index is 12.1. The lowest BCUT2D eigenvalue weighted by atomic mass is 10.1. The molecule has 0 radical (unpaired) electrons. The van der Waals surface area contributed by atoms with Crippen LogP contribution in [0.25, 0.3) is 0 Å². The average Bonchev–Trinajstić information content (AvgIpc) is 2.79. The first kappa shape index (κ1) is 12.1. The van der Waals surface area contributed by atoms with E-state index >= 15 is 0 Å². The van der Waals surface area contributed by atoms with Crippen LogP contribution < -0.4 is 11.1 Å². The number of amides is 1. The van der Waals surface area contributed by atoms with Gasteiger partial charge in [0.1, 0.15) is 11.1 Å². The first-order valence-electron chi connectivity index (χ1n) is 5.27. The zero-order valence-electron chi connectivity index (χ0n) is 9.73. The smallest absolute Gasteiger partial charge is 0.258 e. The van der Waals surface area contributed by atoms with Crippen molar-refractivity contribution in [1.29, 1.82) is 5.26 Å². The summed E-state index contributed by atoms with van der Waals surface area (Å²) in [4.78, 5) is 12.1. The van der Waals surface area contributed by atoms with Gasteiger partial charge in [0, 0.05) is 5.69 Å². The molecule has 1 aromatic heterocycles. The topological polar surface area (TPSA) is 78.9 Å². The van der Waals surface area contributed by atoms with E-state index < -0.39 is 0 Å². The molecular formula is C13H11N3OS. The number of hydrogen-bond donors (Lipinski definition) is 2. The summed E-state index contributed by atoms with van der Waals surface area (Å²) in [5.74, 6) is -0.296. The van der Waals surface area contributed by atoms with Crippen LogP contribution in [0, 0.1) is 18.3 Å². The molecule has 2 rings (SSSR count). The minimum absolute atomic E-state index is 0.296. The van der Waals surface area contributed by atoms with Gasteiger partial charge in [0.25, 0.3) is 5.91 Å². The van der Waals surface area contributed by atoms with Crippen LogP contribution in [0.5, 0.6) is 0 Å². The van der Waals surface area contributed by atoms with Gasteiger partial charge in [-0.2, -0.15) is 5.26 Å². The van der Waals surface area contributed by atoms with E-state index in [1.54, 1.807) is 23.6 Å². The average molecular weight is 257 g/mol. The molecule has 1 aromatic carbocycles. The molecule has 5 heteroatoms. The molecule has 0 atom stereocenters. The maximum absolute atomic E-state index is 12.1. The highest BCUT2D eigenvalue weighted by atomic mass is 32.1. The van der Waals surface area contributed by atoms with E-state index in [2.05, 4.69) is 5.32 Å². The van der Waals surface area contributed by atoms with Crippen molar-refractivity contribution in [2.45, 2.75) is 6.92 Å². The summed E-state index contributed by atoms with van der Waals surface area (Å²) in [7, 11) is 0. The zero-order valence-corrected chi connectivity index (χ0v) is 10.5. The number of benzene rings is 1. The number of nitrogens with one attached hydrogen (secondary N) is 1. The number of anilines is 2. The van der Waals surface area contributed by atoms with Crippen molar-refractivity contribution >= 4 is 27.9 Å². The number of nitrogens with zero attached hydrogens (tertiary/aromatic N) is 1. The van der Waals surface area contributed by atoms with E-state index in [9.17, 15) is 4.79 Å². The predicted octanol–water partition coefficient (Wildman–Crippen LogP) is 2.76. The summed E-state index contributed by atoms with van der Waals surface area (Å²) in [5.41, 5.74) is 8.06. The lowest BCUT2D eigenvalue weighted by Gasteiger charge is -2.08. The van der Waals surface area contributed by atoms with E-state index in [1.807, 2.05) is 19.1 Å². The number of rotatable bonds is 2. The Kier molecular flexibility index (Phi) is 3.31. The summed E-state index contributed by atoms with van der Waals surface area (Å²) in [6.07, 6.45) is 0. The lowest BCUT2D eigenvalue weighted by molar-refractivity contribution is 0.102. The van der Waals surface area contributed by atoms with Crippen LogP contribution in [0.2, 0.25) is 0 Å². The molecule has 0 aliphatic rings. The number of carbonyl (C=O) groups excluding carboxylic acids is 1. The Bertz CT molecular complexity index is 640. The van der Waals surface area contributed by atoms with Gasteiger partial charge in [0.2, 0.25) is 0 Å². The molecule has 3 N–H and O–H groups in total. The molecule has 0 saturated carbocycles. The Balaban J connectivity index is 2.29. The van der Waals surface area contributed by atoms with Gasteiger partial charge in [0.15, 0.2) is 0 Å². The Morgan fingerprint density at radius 2 is 2.22 bits per heavy atom. The molecule has 0 bridgehead atoms. The highest BCUT2D eigenvalue weighted by Gasteiger charge is 2.13. The predicted molar refractivity (Wildman–Crippen MR) is 72.6 cm³/mol. The van der Waals surface area contributed by atoms with Crippen LogP contribution in [-0.4, -0.2) is 5.91 Å². The highest BCUT2D eigenvalue weighted by Crippen LogP contribution is 2.24. The van der Waals surface area contributed by atoms with Crippen LogP contribution in [0.15, 0.2) is 29.6 Å². The Labute approximate surface area is 109 Å². The first-order chi connectivity index (χ1) is 8.63. The lowest BCUT2D eigenvalue weighted by Crippen LogP contribution is -2.14. The minimum atomic E-state index is -0.296. The van der Waals surface area contributed by atoms with Gasteiger partial charge in [-0.05, 0) is 30.0 Å². The molecule has 0 unspecified atom stereocenters. The first-order valence-corrected chi connectivity index (χ1v) is 6.15. The molecular weight excluding hydrogens is 246 g/mol. The van der Waals surface area contributed by atoms with Crippen molar-refractivity contribution in [3.8, 4) is 6.07 Å². The van der Waals surface area contributed by atoms with E-state index in [1.165, 1.54) is 11.3 Å². The molecule has 4 nitrogen and oxygen atoms in total. The summed E-state index contributed by atoms with van der Waals surface area (Å²) in [6, 6.07) is 8.98. The Morgan fingerprint density at radius 3 is 2.94 bits per heavy atom. The fraction of sp³-hybridized carbons (Fsp3) is 0.0769. The number of aryl methyl sites for hydroxylation is 1. The zero-order chi connectivity index (χ0) is 13.1. The number of nitriles is 1. The maximum Gasteiger partial charge on any atom is 0.258 e. The highest BCUT2D eigenvalue weighted by molar-refractivity contribution is 7.14. The molecule has 0 spiro atoms. The SMILES string of the molecule is Cc1cccc(C(=O)Nc2sccc2C#N)c1N. The second-order valence-electron chi connectivity index (χ2n) is 3.77. The van der Waals surface area contributed by atoms with Crippen molar-refractivity contribution in [3.05, 3.63) is 46.3 Å². The van der Waals surface area contributed by atoms with Gasteiger partial charge in [-0.1, -0.05) is 12.1 Å². The number of hydrogen-bond acceptors (Lipinski definition) is 4. The van der Waals surface area contributed by atoms with Crippen LogP contribution in [0.4, 0.5) is 10.7 Å². The van der Waals surface area contributed by atoms with Gasteiger partial charge in [-0.25, -0.2) is 0 Å². The summed E-state index contributed by atoms with van der Waals surface area (Å²) in [5, 5.41) is 13.9. The van der Waals surface area contributed by atoms with Crippen molar-refractivity contribution in [2.75, 3.05) is 11.1 Å². The van der Waals surface area contributed by atoms with Gasteiger partial charge >= 0.3 is 0 Å². The van der Waals surface area contributed by atoms with Gasteiger partial charge < -0.3 is 11.1 Å². The standard InChI is InChI=1S/C13H11N3OS/c1-8-3-2-4-10(11(8)15)12(17)16-13-9(7-14)5-6-18-13/h2-6H,15H2,1H3,(H,16,17). The van der Waals surface area contributed by atoms with Crippen molar-refractivity contribution < 1.29 is 4.79 Å². The van der Waals surface area contributed by atoms with Gasteiger partial charge in [-0.3, -0.25) is 4.79 Å². The van der Waals surface area contributed by atoms with Gasteiger partial charge in [0.05, 0.1) is 11.1 Å². The molecule has 90 valence electrons. The van der Waals surface area contributed by atoms with E-state index in [0.717, 1.165) is 5.56 Å². The van der Waals surface area contributed by atoms with E-state index in [-0.39, 0.29) is 5.91 Å². The Hall–Kier alpha value is -2.32. The largest absolute Gasteiger partial charge is 0.398 e. The molecule has 0 saturated heterocycles. The Morgan fingerprint density at radius 1 is 1.44 bits per heavy atom. The van der Waals surface area contributed by atoms with Crippen molar-refractivity contribution in [1.82, 2.24) is 0 Å². The van der Waals surface area contributed by atoms with Crippen LogP contribution in [0.3, 0.4) is 0 Å². The third kappa shape index (κ3) is 2.19. The van der Waals surface area contributed by atoms with E-state index in [4.69, 9.17) is 11.0 Å². The third-order valence-electron chi connectivity index (χ3n) is 2.58. The van der Waals surface area contributed by atoms with Crippen molar-refractivity contribution in [3.63, 3.8) is 0 Å². The summed E-state index contributed by atoms with van der Waals surface area (Å²) in [6.45, 7) is 1.85. The normalized spacial score (nSPS) is 9.78. The molecule has 2 aromatic rings. The number of carbonyl (C=O) groups is 1. The van der Waals surface area contributed by atoms with Crippen LogP contribution in [0.1, 0.15) is 21.5 Å². The van der Waals surface area contributed by atoms with Crippen LogP contribution >= 0.6 is 11.3 Å². The summed E-state index contributed by atoms with van der Waals surface area (Å²) >= 11 is 1.31. The fourth-order valence-corrected chi connectivity index (χ4v) is 2.28. The number of nitrogens with two attached hydrogens (primary N) is 1. The van der Waals surface area contributed by atoms with Crippen molar-refractivity contribution in [2.24, 2.45) is 0 Å². The minimum Gasteiger partial charge on any atom is -0.398 e. The molecule has 0 fully saturated rings. The molecule has 1 amide bonds. The monoisotopic (exact) mass is 257 g/mol.